The number of hydrogen-bond acceptors (Lipinski definition) is 6. The minimum atomic E-state index is 0.499. The van der Waals surface area contributed by atoms with Gasteiger partial charge in [-0.15, -0.1) is 0 Å². The van der Waals surface area contributed by atoms with Crippen molar-refractivity contribution in [2.24, 2.45) is 5.92 Å². The SMILES string of the molecule is C[C@@H]1CCCN(c2cc(N3CCN(c4ccccc4)CC3)nc(NC(=S)NCc3ccc(Cl)cc3)n2)C1. The summed E-state index contributed by atoms with van der Waals surface area (Å²) >= 11 is 11.6. The standard InChI is InChI=1S/C28H34ClN7S/c1-21-6-5-13-36(20-21)26-18-25(35-16-14-34(15-17-35)24-7-3-2-4-8-24)31-27(32-26)33-28(37)30-19-22-9-11-23(29)12-10-22/h2-4,7-12,18,21H,5-6,13-17,19-20H2,1H3,(H2,30,31,32,33,37)/t21-/m1/s1. The van der Waals surface area contributed by atoms with Gasteiger partial charge < -0.3 is 25.3 Å². The van der Waals surface area contributed by atoms with Gasteiger partial charge >= 0.3 is 0 Å². The van der Waals surface area contributed by atoms with Gasteiger partial charge in [0.15, 0.2) is 5.11 Å². The van der Waals surface area contributed by atoms with Gasteiger partial charge in [0.2, 0.25) is 5.95 Å². The average molecular weight is 536 g/mol. The molecule has 0 radical (unpaired) electrons. The third kappa shape index (κ3) is 6.81. The quantitative estimate of drug-likeness (QED) is 0.419. The zero-order chi connectivity index (χ0) is 25.6. The first-order valence-electron chi connectivity index (χ1n) is 13.0. The fourth-order valence-corrected chi connectivity index (χ4v) is 5.25. The monoisotopic (exact) mass is 535 g/mol. The summed E-state index contributed by atoms with van der Waals surface area (Å²) in [6.45, 7) is 8.65. The van der Waals surface area contributed by atoms with E-state index in [1.165, 1.54) is 18.5 Å². The molecule has 3 heterocycles. The number of anilines is 4. The molecule has 3 aromatic rings. The lowest BCUT2D eigenvalue weighted by Crippen LogP contribution is -2.47. The molecule has 0 unspecified atom stereocenters. The first kappa shape index (κ1) is 25.5. The van der Waals surface area contributed by atoms with Crippen LogP contribution >= 0.6 is 23.8 Å². The number of aromatic nitrogens is 2. The molecule has 2 aliphatic heterocycles. The summed E-state index contributed by atoms with van der Waals surface area (Å²) < 4.78 is 0. The van der Waals surface area contributed by atoms with E-state index in [4.69, 9.17) is 33.8 Å². The molecule has 2 saturated heterocycles. The van der Waals surface area contributed by atoms with Crippen LogP contribution in [0.3, 0.4) is 0 Å². The Hall–Kier alpha value is -3.10. The second-order valence-corrected chi connectivity index (χ2v) is 10.7. The van der Waals surface area contributed by atoms with Crippen molar-refractivity contribution in [3.05, 3.63) is 71.2 Å². The molecule has 2 aliphatic rings. The molecule has 0 aliphatic carbocycles. The van der Waals surface area contributed by atoms with E-state index in [0.29, 0.717) is 23.5 Å². The van der Waals surface area contributed by atoms with E-state index >= 15 is 0 Å². The summed E-state index contributed by atoms with van der Waals surface area (Å²) in [5, 5.41) is 7.72. The summed E-state index contributed by atoms with van der Waals surface area (Å²) in [6, 6.07) is 20.5. The van der Waals surface area contributed by atoms with Crippen molar-refractivity contribution in [1.82, 2.24) is 15.3 Å². The normalized spacial score (nSPS) is 18.0. The Morgan fingerprint density at radius 3 is 2.30 bits per heavy atom. The van der Waals surface area contributed by atoms with Crippen LogP contribution in [0.2, 0.25) is 5.02 Å². The average Bonchev–Trinajstić information content (AvgIpc) is 2.93. The van der Waals surface area contributed by atoms with Crippen molar-refractivity contribution >= 4 is 52.2 Å². The molecular weight excluding hydrogens is 502 g/mol. The predicted octanol–water partition coefficient (Wildman–Crippen LogP) is 5.18. The van der Waals surface area contributed by atoms with Crippen LogP contribution in [-0.2, 0) is 6.54 Å². The summed E-state index contributed by atoms with van der Waals surface area (Å²) in [5.74, 6) is 3.09. The Morgan fingerprint density at radius 2 is 1.59 bits per heavy atom. The maximum atomic E-state index is 6.00. The smallest absolute Gasteiger partial charge is 0.232 e. The van der Waals surface area contributed by atoms with Gasteiger partial charge in [-0.25, -0.2) is 0 Å². The van der Waals surface area contributed by atoms with E-state index in [-0.39, 0.29) is 0 Å². The fraction of sp³-hybridized carbons (Fsp3) is 0.393. The highest BCUT2D eigenvalue weighted by atomic mass is 35.5. The molecule has 0 spiro atoms. The Labute approximate surface area is 229 Å². The van der Waals surface area contributed by atoms with E-state index < -0.39 is 0 Å². The van der Waals surface area contributed by atoms with Gasteiger partial charge in [-0.3, -0.25) is 0 Å². The molecule has 194 valence electrons. The number of piperidine rings is 1. The molecule has 0 saturated carbocycles. The van der Waals surface area contributed by atoms with Gasteiger partial charge in [-0.2, -0.15) is 9.97 Å². The Balaban J connectivity index is 1.30. The fourth-order valence-electron chi connectivity index (χ4n) is 4.96. The highest BCUT2D eigenvalue weighted by Crippen LogP contribution is 2.27. The summed E-state index contributed by atoms with van der Waals surface area (Å²) in [6.07, 6.45) is 2.44. The number of rotatable bonds is 6. The maximum Gasteiger partial charge on any atom is 0.232 e. The molecule has 2 fully saturated rings. The first-order chi connectivity index (χ1) is 18.0. The zero-order valence-corrected chi connectivity index (χ0v) is 22.8. The highest BCUT2D eigenvalue weighted by molar-refractivity contribution is 7.80. The van der Waals surface area contributed by atoms with Crippen molar-refractivity contribution in [2.45, 2.75) is 26.3 Å². The maximum absolute atomic E-state index is 6.00. The van der Waals surface area contributed by atoms with Gasteiger partial charge in [-0.05, 0) is 60.8 Å². The van der Waals surface area contributed by atoms with Crippen LogP contribution in [0.1, 0.15) is 25.3 Å². The minimum Gasteiger partial charge on any atom is -0.368 e. The van der Waals surface area contributed by atoms with E-state index in [1.54, 1.807) is 0 Å². The molecule has 37 heavy (non-hydrogen) atoms. The van der Waals surface area contributed by atoms with Gasteiger partial charge in [0.25, 0.3) is 0 Å². The lowest BCUT2D eigenvalue weighted by Gasteiger charge is -2.37. The highest BCUT2D eigenvalue weighted by Gasteiger charge is 2.23. The molecular formula is C28H34ClN7S. The van der Waals surface area contributed by atoms with E-state index in [0.717, 1.165) is 61.5 Å². The van der Waals surface area contributed by atoms with E-state index in [1.807, 2.05) is 24.3 Å². The van der Waals surface area contributed by atoms with Crippen molar-refractivity contribution in [1.29, 1.82) is 0 Å². The van der Waals surface area contributed by atoms with Gasteiger partial charge in [0.1, 0.15) is 11.6 Å². The molecule has 2 N–H and O–H groups in total. The molecule has 0 amide bonds. The largest absolute Gasteiger partial charge is 0.368 e. The molecule has 9 heteroatoms. The zero-order valence-electron chi connectivity index (χ0n) is 21.2. The Kier molecular flexibility index (Phi) is 8.26. The summed E-state index contributed by atoms with van der Waals surface area (Å²) in [5.41, 5.74) is 2.37. The third-order valence-electron chi connectivity index (χ3n) is 7.00. The van der Waals surface area contributed by atoms with Gasteiger partial charge in [0, 0.05) is 62.6 Å². The third-order valence-corrected chi connectivity index (χ3v) is 7.50. The van der Waals surface area contributed by atoms with Gasteiger partial charge in [0.05, 0.1) is 0 Å². The number of thiocarbonyl (C=S) groups is 1. The summed E-state index contributed by atoms with van der Waals surface area (Å²) in [7, 11) is 0. The number of para-hydroxylation sites is 1. The molecule has 1 atom stereocenters. The molecule has 1 aromatic heterocycles. The van der Waals surface area contributed by atoms with Crippen LogP contribution in [0.15, 0.2) is 60.7 Å². The van der Waals surface area contributed by atoms with Crippen LogP contribution in [0.4, 0.5) is 23.3 Å². The van der Waals surface area contributed by atoms with E-state index in [9.17, 15) is 0 Å². The topological polar surface area (TPSA) is 59.6 Å². The van der Waals surface area contributed by atoms with Crippen LogP contribution in [0.25, 0.3) is 0 Å². The van der Waals surface area contributed by atoms with Crippen molar-refractivity contribution in [3.8, 4) is 0 Å². The molecule has 0 bridgehead atoms. The van der Waals surface area contributed by atoms with Crippen LogP contribution in [0.5, 0.6) is 0 Å². The lowest BCUT2D eigenvalue weighted by atomic mass is 10.0. The number of hydrogen-bond donors (Lipinski definition) is 2. The van der Waals surface area contributed by atoms with Crippen LogP contribution in [0, 0.1) is 5.92 Å². The summed E-state index contributed by atoms with van der Waals surface area (Å²) in [4.78, 5) is 16.9. The second kappa shape index (κ2) is 12.0. The van der Waals surface area contributed by atoms with Crippen molar-refractivity contribution in [2.75, 3.05) is 59.3 Å². The Morgan fingerprint density at radius 1 is 0.919 bits per heavy atom. The van der Waals surface area contributed by atoms with Gasteiger partial charge in [-0.1, -0.05) is 48.9 Å². The lowest BCUT2D eigenvalue weighted by molar-refractivity contribution is 0.444. The van der Waals surface area contributed by atoms with E-state index in [2.05, 4.69) is 68.7 Å². The number of piperazine rings is 1. The minimum absolute atomic E-state index is 0.499. The number of nitrogens with one attached hydrogen (secondary N) is 2. The molecule has 7 nitrogen and oxygen atoms in total. The molecule has 2 aromatic carbocycles. The molecule has 5 rings (SSSR count). The second-order valence-electron chi connectivity index (χ2n) is 9.85. The van der Waals surface area contributed by atoms with Crippen LogP contribution < -0.4 is 25.3 Å². The van der Waals surface area contributed by atoms with Crippen molar-refractivity contribution in [3.63, 3.8) is 0 Å². The predicted molar refractivity (Wildman–Crippen MR) is 158 cm³/mol. The Bertz CT molecular complexity index is 1180. The van der Waals surface area contributed by atoms with Crippen LogP contribution in [-0.4, -0.2) is 54.3 Å². The number of benzene rings is 2. The number of halogens is 1. The number of nitrogens with zero attached hydrogens (tertiary/aromatic N) is 5. The first-order valence-corrected chi connectivity index (χ1v) is 13.8. The van der Waals surface area contributed by atoms with Crippen molar-refractivity contribution < 1.29 is 0 Å².